The van der Waals surface area contributed by atoms with E-state index in [-0.39, 0.29) is 18.3 Å². The number of rotatable bonds is 8. The third-order valence-electron chi connectivity index (χ3n) is 6.90. The molecular weight excluding hydrogens is 431 g/mol. The Kier molecular flexibility index (Phi) is 7.54. The second-order valence-corrected chi connectivity index (χ2v) is 9.12. The van der Waals surface area contributed by atoms with E-state index in [2.05, 4.69) is 35.6 Å². The minimum atomic E-state index is -0.249. The number of carbonyl (C=O) groups is 1. The van der Waals surface area contributed by atoms with Gasteiger partial charge in [0.15, 0.2) is 0 Å². The number of nitrogens with one attached hydrogen (secondary N) is 1. The summed E-state index contributed by atoms with van der Waals surface area (Å²) in [5, 5.41) is 13.8. The second-order valence-electron chi connectivity index (χ2n) is 9.12. The fourth-order valence-corrected chi connectivity index (χ4v) is 4.84. The van der Waals surface area contributed by atoms with Gasteiger partial charge in [-0.05, 0) is 55.7 Å². The lowest BCUT2D eigenvalue weighted by atomic mass is 10.1. The average Bonchev–Trinajstić information content (AvgIpc) is 3.09. The van der Waals surface area contributed by atoms with Crippen molar-refractivity contribution in [3.05, 3.63) is 64.6 Å². The molecule has 6 nitrogen and oxygen atoms in total. The van der Waals surface area contributed by atoms with E-state index >= 15 is 0 Å². The number of halogens is 1. The van der Waals surface area contributed by atoms with Crippen LogP contribution in [-0.2, 0) is 13.1 Å². The maximum absolute atomic E-state index is 13.5. The molecule has 1 aromatic heterocycles. The van der Waals surface area contributed by atoms with Crippen LogP contribution in [0.2, 0.25) is 0 Å². The van der Waals surface area contributed by atoms with Gasteiger partial charge in [-0.3, -0.25) is 9.69 Å². The number of carbonyl (C=O) groups excluding carboxylic acids is 1. The number of benzene rings is 2. The Labute approximate surface area is 201 Å². The van der Waals surface area contributed by atoms with E-state index in [9.17, 15) is 14.3 Å². The van der Waals surface area contributed by atoms with Gasteiger partial charge in [0.2, 0.25) is 0 Å². The quantitative estimate of drug-likeness (QED) is 0.523. The zero-order valence-electron chi connectivity index (χ0n) is 20.4. The molecule has 3 aromatic rings. The Bertz CT molecular complexity index is 1150. The minimum Gasteiger partial charge on any atom is -0.395 e. The van der Waals surface area contributed by atoms with Crippen LogP contribution in [0.3, 0.4) is 0 Å². The number of aromatic nitrogens is 1. The van der Waals surface area contributed by atoms with E-state index < -0.39 is 0 Å². The summed E-state index contributed by atoms with van der Waals surface area (Å²) in [5.41, 5.74) is 6.10. The van der Waals surface area contributed by atoms with Crippen LogP contribution in [0, 0.1) is 19.7 Å². The molecule has 2 heterocycles. The van der Waals surface area contributed by atoms with Crippen molar-refractivity contribution in [2.45, 2.75) is 40.3 Å². The molecule has 2 aromatic carbocycles. The Morgan fingerprint density at radius 2 is 1.76 bits per heavy atom. The van der Waals surface area contributed by atoms with Crippen molar-refractivity contribution in [3.8, 4) is 0 Å². The van der Waals surface area contributed by atoms with Crippen LogP contribution in [0.4, 0.5) is 10.1 Å². The molecule has 1 saturated heterocycles. The van der Waals surface area contributed by atoms with Gasteiger partial charge in [-0.2, -0.15) is 0 Å². The molecule has 0 unspecified atom stereocenters. The first-order chi connectivity index (χ1) is 16.4. The molecule has 0 radical (unpaired) electrons. The number of fused-ring (bicyclic) bond motifs is 1. The Balaban J connectivity index is 1.68. The first kappa shape index (κ1) is 24.2. The summed E-state index contributed by atoms with van der Waals surface area (Å²) in [4.78, 5) is 17.6. The van der Waals surface area contributed by atoms with Crippen LogP contribution in [0.5, 0.6) is 0 Å². The van der Waals surface area contributed by atoms with E-state index in [4.69, 9.17) is 0 Å². The lowest BCUT2D eigenvalue weighted by Crippen LogP contribution is -2.49. The van der Waals surface area contributed by atoms with Gasteiger partial charge < -0.3 is 19.9 Å². The van der Waals surface area contributed by atoms with Gasteiger partial charge >= 0.3 is 0 Å². The van der Waals surface area contributed by atoms with Gasteiger partial charge in [-0.25, -0.2) is 4.39 Å². The number of piperazine rings is 1. The summed E-state index contributed by atoms with van der Waals surface area (Å²) < 4.78 is 15.7. The van der Waals surface area contributed by atoms with Gasteiger partial charge in [0.05, 0.1) is 17.8 Å². The number of hydrogen-bond acceptors (Lipinski definition) is 4. The minimum absolute atomic E-state index is 0.0377. The molecule has 0 saturated carbocycles. The Hall–Kier alpha value is -2.90. The van der Waals surface area contributed by atoms with Crippen LogP contribution < -0.4 is 5.32 Å². The van der Waals surface area contributed by atoms with Gasteiger partial charge in [-0.1, -0.05) is 19.1 Å². The monoisotopic (exact) mass is 466 g/mol. The van der Waals surface area contributed by atoms with E-state index in [1.165, 1.54) is 23.4 Å². The van der Waals surface area contributed by atoms with Crippen molar-refractivity contribution in [2.24, 2.45) is 0 Å². The molecule has 1 amide bonds. The number of aliphatic hydroxyl groups excluding tert-OH is 1. The molecule has 2 N–H and O–H groups in total. The highest BCUT2D eigenvalue weighted by atomic mass is 19.1. The highest BCUT2D eigenvalue weighted by Crippen LogP contribution is 2.34. The number of aryl methyl sites for hydroxylation is 2. The lowest BCUT2D eigenvalue weighted by molar-refractivity contribution is 0.0615. The average molecular weight is 467 g/mol. The summed E-state index contributed by atoms with van der Waals surface area (Å²) in [7, 11) is 0. The smallest absolute Gasteiger partial charge is 0.254 e. The first-order valence-corrected chi connectivity index (χ1v) is 12.2. The Morgan fingerprint density at radius 3 is 2.41 bits per heavy atom. The topological polar surface area (TPSA) is 60.7 Å². The van der Waals surface area contributed by atoms with Crippen molar-refractivity contribution in [2.75, 3.05) is 44.6 Å². The van der Waals surface area contributed by atoms with Gasteiger partial charge in [-0.15, -0.1) is 0 Å². The highest BCUT2D eigenvalue weighted by Gasteiger charge is 2.24. The van der Waals surface area contributed by atoms with E-state index in [0.717, 1.165) is 48.2 Å². The van der Waals surface area contributed by atoms with E-state index in [1.807, 2.05) is 17.0 Å². The largest absolute Gasteiger partial charge is 0.395 e. The molecule has 0 atom stereocenters. The van der Waals surface area contributed by atoms with Gasteiger partial charge in [0, 0.05) is 62.5 Å². The molecule has 1 fully saturated rings. The first-order valence-electron chi connectivity index (χ1n) is 12.2. The van der Waals surface area contributed by atoms with Crippen molar-refractivity contribution in [1.29, 1.82) is 0 Å². The number of β-amino-alcohol motifs (C(OH)–C–C–N with tert-alkyl or cyclic N) is 1. The maximum atomic E-state index is 13.5. The number of anilines is 1. The SMILES string of the molecule is CCCn1c(C)c(C)c2cc(C(=O)N3CCN(CCO)CC3)cc(NCc3ccc(F)cc3)c21. The summed E-state index contributed by atoms with van der Waals surface area (Å²) in [6, 6.07) is 10.5. The molecule has 0 aliphatic carbocycles. The maximum Gasteiger partial charge on any atom is 0.254 e. The predicted octanol–water partition coefficient (Wildman–Crippen LogP) is 4.17. The molecule has 1 aliphatic heterocycles. The van der Waals surface area contributed by atoms with Crippen LogP contribution in [-0.4, -0.2) is 64.7 Å². The van der Waals surface area contributed by atoms with Crippen LogP contribution in [0.25, 0.3) is 10.9 Å². The molecular formula is C27H35FN4O2. The van der Waals surface area contributed by atoms with E-state index in [1.54, 1.807) is 12.1 Å². The van der Waals surface area contributed by atoms with Crippen LogP contribution >= 0.6 is 0 Å². The van der Waals surface area contributed by atoms with Crippen molar-refractivity contribution in [1.82, 2.24) is 14.4 Å². The summed E-state index contributed by atoms with van der Waals surface area (Å²) in [5.74, 6) is -0.212. The fourth-order valence-electron chi connectivity index (χ4n) is 4.84. The zero-order chi connectivity index (χ0) is 24.2. The second kappa shape index (κ2) is 10.6. The summed E-state index contributed by atoms with van der Waals surface area (Å²) >= 11 is 0. The van der Waals surface area contributed by atoms with Crippen molar-refractivity contribution >= 4 is 22.5 Å². The number of amides is 1. The van der Waals surface area contributed by atoms with Crippen molar-refractivity contribution in [3.63, 3.8) is 0 Å². The standard InChI is InChI=1S/C27H35FN4O2/c1-4-9-32-20(3)19(2)24-16-22(27(34)31-12-10-30(11-13-31)14-15-33)17-25(26(24)32)29-18-21-5-7-23(28)8-6-21/h5-8,16-17,29,33H,4,9-15,18H2,1-3H3. The molecule has 0 bridgehead atoms. The third kappa shape index (κ3) is 4.95. The van der Waals surface area contributed by atoms with Crippen molar-refractivity contribution < 1.29 is 14.3 Å². The normalized spacial score (nSPS) is 14.7. The van der Waals surface area contributed by atoms with Gasteiger partial charge in [0.25, 0.3) is 5.91 Å². The molecule has 0 spiro atoms. The van der Waals surface area contributed by atoms with E-state index in [0.29, 0.717) is 31.7 Å². The fraction of sp³-hybridized carbons (Fsp3) is 0.444. The molecule has 7 heteroatoms. The third-order valence-corrected chi connectivity index (χ3v) is 6.90. The summed E-state index contributed by atoms with van der Waals surface area (Å²) in [6.07, 6.45) is 1.01. The van der Waals surface area contributed by atoms with Crippen LogP contribution in [0.15, 0.2) is 36.4 Å². The molecule has 182 valence electrons. The number of aliphatic hydroxyl groups is 1. The van der Waals surface area contributed by atoms with Crippen LogP contribution in [0.1, 0.15) is 40.5 Å². The molecule has 1 aliphatic rings. The zero-order valence-corrected chi connectivity index (χ0v) is 20.4. The lowest BCUT2D eigenvalue weighted by Gasteiger charge is -2.34. The molecule has 34 heavy (non-hydrogen) atoms. The number of nitrogens with zero attached hydrogens (tertiary/aromatic N) is 3. The number of hydrogen-bond donors (Lipinski definition) is 2. The molecule has 4 rings (SSSR count). The Morgan fingerprint density at radius 1 is 1.06 bits per heavy atom. The summed E-state index contributed by atoms with van der Waals surface area (Å²) in [6.45, 7) is 11.5. The predicted molar refractivity (Wildman–Crippen MR) is 135 cm³/mol. The van der Waals surface area contributed by atoms with Gasteiger partial charge in [0.1, 0.15) is 5.82 Å². The highest BCUT2D eigenvalue weighted by molar-refractivity contribution is 6.04.